The molecule has 4 rings (SSSR count). The lowest BCUT2D eigenvalue weighted by atomic mass is 9.82. The average Bonchev–Trinajstić information content (AvgIpc) is 2.95. The van der Waals surface area contributed by atoms with E-state index >= 15 is 0 Å². The van der Waals surface area contributed by atoms with Crippen LogP contribution in [0.15, 0.2) is 42.7 Å². The smallest absolute Gasteiger partial charge is 0.226 e. The van der Waals surface area contributed by atoms with Gasteiger partial charge >= 0.3 is 0 Å². The maximum absolute atomic E-state index is 13.1. The number of rotatable bonds is 4. The third-order valence-corrected chi connectivity index (χ3v) is 5.04. The van der Waals surface area contributed by atoms with Gasteiger partial charge in [-0.15, -0.1) is 0 Å². The number of ether oxygens (including phenoxy) is 1. The topological polar surface area (TPSA) is 47.4 Å². The van der Waals surface area contributed by atoms with E-state index in [0.717, 1.165) is 11.4 Å². The van der Waals surface area contributed by atoms with Crippen molar-refractivity contribution < 1.29 is 13.9 Å². The number of nitrogens with zero attached hydrogens (tertiary/aromatic N) is 3. The number of fused-ring (bicyclic) bond motifs is 1. The predicted molar refractivity (Wildman–Crippen MR) is 90.3 cm³/mol. The molecule has 1 atom stereocenters. The number of pyridine rings is 1. The Morgan fingerprint density at radius 3 is 2.88 bits per heavy atom. The Morgan fingerprint density at radius 2 is 2.12 bits per heavy atom. The fraction of sp³-hybridized carbons (Fsp3) is 0.474. The average molecular weight is 343 g/mol. The fourth-order valence-corrected chi connectivity index (χ4v) is 3.52. The van der Waals surface area contributed by atoms with Gasteiger partial charge in [0, 0.05) is 30.6 Å². The van der Waals surface area contributed by atoms with Crippen molar-refractivity contribution in [2.45, 2.75) is 44.8 Å². The van der Waals surface area contributed by atoms with Crippen LogP contribution >= 0.6 is 0 Å². The summed E-state index contributed by atoms with van der Waals surface area (Å²) in [6.45, 7) is 2.21. The van der Waals surface area contributed by atoms with E-state index < -0.39 is 6.17 Å². The van der Waals surface area contributed by atoms with Crippen molar-refractivity contribution in [1.29, 1.82) is 0 Å². The Bertz CT molecular complexity index is 727. The SMILES string of the molecule is O=C(C1CC(F)C1)N1Cc2cccn2C[C@@H](OCc2ccccn2)C1. The van der Waals surface area contributed by atoms with E-state index in [0.29, 0.717) is 39.1 Å². The van der Waals surface area contributed by atoms with Gasteiger partial charge < -0.3 is 14.2 Å². The van der Waals surface area contributed by atoms with Crippen LogP contribution in [-0.4, -0.2) is 39.2 Å². The van der Waals surface area contributed by atoms with Gasteiger partial charge in [0.15, 0.2) is 0 Å². The van der Waals surface area contributed by atoms with Gasteiger partial charge in [0.05, 0.1) is 31.5 Å². The molecule has 0 radical (unpaired) electrons. The molecule has 5 nitrogen and oxygen atoms in total. The maximum Gasteiger partial charge on any atom is 0.226 e. The highest BCUT2D eigenvalue weighted by Gasteiger charge is 2.38. The van der Waals surface area contributed by atoms with E-state index in [4.69, 9.17) is 4.74 Å². The molecule has 0 bridgehead atoms. The Hall–Kier alpha value is -2.21. The molecule has 0 N–H and O–H groups in total. The molecule has 0 aromatic carbocycles. The van der Waals surface area contributed by atoms with Crippen LogP contribution in [0.1, 0.15) is 24.2 Å². The van der Waals surface area contributed by atoms with E-state index in [1.807, 2.05) is 41.4 Å². The number of hydrogen-bond acceptors (Lipinski definition) is 3. The van der Waals surface area contributed by atoms with Gasteiger partial charge in [-0.1, -0.05) is 6.07 Å². The van der Waals surface area contributed by atoms with Gasteiger partial charge in [0.2, 0.25) is 5.91 Å². The van der Waals surface area contributed by atoms with Crippen LogP contribution in [0.3, 0.4) is 0 Å². The Labute approximate surface area is 146 Å². The van der Waals surface area contributed by atoms with Crippen molar-refractivity contribution in [2.24, 2.45) is 5.92 Å². The number of carbonyl (C=O) groups is 1. The summed E-state index contributed by atoms with van der Waals surface area (Å²) in [4.78, 5) is 18.8. The lowest BCUT2D eigenvalue weighted by Gasteiger charge is -2.34. The van der Waals surface area contributed by atoms with Gasteiger partial charge in [0.1, 0.15) is 6.17 Å². The molecule has 2 aliphatic rings. The maximum atomic E-state index is 13.1. The largest absolute Gasteiger partial charge is 0.368 e. The summed E-state index contributed by atoms with van der Waals surface area (Å²) in [5.74, 6) is -0.122. The molecule has 2 aromatic rings. The van der Waals surface area contributed by atoms with Crippen molar-refractivity contribution in [3.63, 3.8) is 0 Å². The predicted octanol–water partition coefficient (Wildman–Crippen LogP) is 2.56. The highest BCUT2D eigenvalue weighted by Crippen LogP contribution is 2.32. The highest BCUT2D eigenvalue weighted by atomic mass is 19.1. The standard InChI is InChI=1S/C19H22FN3O2/c20-15-8-14(9-15)19(24)23-10-17-5-3-7-22(17)11-18(12-23)25-13-16-4-1-2-6-21-16/h1-7,14-15,18H,8-13H2/t14?,15?,18-/m1/s1. The van der Waals surface area contributed by atoms with Crippen LogP contribution in [0.25, 0.3) is 0 Å². The monoisotopic (exact) mass is 343 g/mol. The molecule has 2 aromatic heterocycles. The summed E-state index contributed by atoms with van der Waals surface area (Å²) in [5.41, 5.74) is 1.96. The first kappa shape index (κ1) is 16.3. The van der Waals surface area contributed by atoms with Gasteiger partial charge in [-0.3, -0.25) is 9.78 Å². The molecule has 0 unspecified atom stereocenters. The molecule has 132 valence electrons. The fourth-order valence-electron chi connectivity index (χ4n) is 3.52. The normalized spacial score (nSPS) is 25.8. The Kier molecular flexibility index (Phi) is 4.53. The molecule has 25 heavy (non-hydrogen) atoms. The van der Waals surface area contributed by atoms with E-state index in [1.54, 1.807) is 6.20 Å². The molecule has 0 saturated heterocycles. The molecule has 1 aliphatic carbocycles. The molecule has 6 heteroatoms. The minimum absolute atomic E-state index is 0.0509. The van der Waals surface area contributed by atoms with Gasteiger partial charge in [0.25, 0.3) is 0 Å². The van der Waals surface area contributed by atoms with E-state index in [2.05, 4.69) is 9.55 Å². The van der Waals surface area contributed by atoms with Gasteiger partial charge in [-0.2, -0.15) is 0 Å². The lowest BCUT2D eigenvalue weighted by Crippen LogP contribution is -2.44. The van der Waals surface area contributed by atoms with Crippen molar-refractivity contribution in [2.75, 3.05) is 6.54 Å². The van der Waals surface area contributed by atoms with Crippen molar-refractivity contribution >= 4 is 5.91 Å². The summed E-state index contributed by atoms with van der Waals surface area (Å²) in [6.07, 6.45) is 3.55. The Balaban J connectivity index is 1.46. The van der Waals surface area contributed by atoms with E-state index in [-0.39, 0.29) is 17.9 Å². The number of alkyl halides is 1. The number of carbonyl (C=O) groups excluding carboxylic acids is 1. The van der Waals surface area contributed by atoms with Crippen molar-refractivity contribution in [3.05, 3.63) is 54.1 Å². The first-order chi connectivity index (χ1) is 12.2. The third kappa shape index (κ3) is 3.58. The first-order valence-corrected chi connectivity index (χ1v) is 8.77. The van der Waals surface area contributed by atoms with Crippen LogP contribution in [-0.2, 0) is 29.2 Å². The van der Waals surface area contributed by atoms with Crippen LogP contribution in [0.2, 0.25) is 0 Å². The molecular weight excluding hydrogens is 321 g/mol. The summed E-state index contributed by atoms with van der Waals surface area (Å²) in [6, 6.07) is 9.75. The highest BCUT2D eigenvalue weighted by molar-refractivity contribution is 5.80. The number of aromatic nitrogens is 2. The Morgan fingerprint density at radius 1 is 1.24 bits per heavy atom. The second kappa shape index (κ2) is 6.96. The molecule has 1 aliphatic heterocycles. The molecule has 1 saturated carbocycles. The van der Waals surface area contributed by atoms with Crippen LogP contribution < -0.4 is 0 Å². The summed E-state index contributed by atoms with van der Waals surface area (Å²) >= 11 is 0. The zero-order valence-electron chi connectivity index (χ0n) is 14.1. The number of hydrogen-bond donors (Lipinski definition) is 0. The van der Waals surface area contributed by atoms with Gasteiger partial charge in [-0.25, -0.2) is 4.39 Å². The molecular formula is C19H22FN3O2. The van der Waals surface area contributed by atoms with Crippen LogP contribution in [0, 0.1) is 5.92 Å². The second-order valence-electron chi connectivity index (χ2n) is 6.89. The van der Waals surface area contributed by atoms with Crippen LogP contribution in [0.4, 0.5) is 4.39 Å². The summed E-state index contributed by atoms with van der Waals surface area (Å²) in [5, 5.41) is 0. The summed E-state index contributed by atoms with van der Waals surface area (Å²) in [7, 11) is 0. The first-order valence-electron chi connectivity index (χ1n) is 8.77. The van der Waals surface area contributed by atoms with E-state index in [9.17, 15) is 9.18 Å². The second-order valence-corrected chi connectivity index (χ2v) is 6.89. The van der Waals surface area contributed by atoms with Crippen molar-refractivity contribution in [1.82, 2.24) is 14.5 Å². The van der Waals surface area contributed by atoms with E-state index in [1.165, 1.54) is 0 Å². The lowest BCUT2D eigenvalue weighted by molar-refractivity contribution is -0.143. The molecule has 0 spiro atoms. The summed E-state index contributed by atoms with van der Waals surface area (Å²) < 4.78 is 21.3. The number of amides is 1. The zero-order chi connectivity index (χ0) is 17.2. The molecule has 1 amide bonds. The minimum Gasteiger partial charge on any atom is -0.368 e. The minimum atomic E-state index is -0.819. The van der Waals surface area contributed by atoms with Crippen LogP contribution in [0.5, 0.6) is 0 Å². The van der Waals surface area contributed by atoms with Crippen molar-refractivity contribution in [3.8, 4) is 0 Å². The van der Waals surface area contributed by atoms with Gasteiger partial charge in [-0.05, 0) is 37.1 Å². The quantitative estimate of drug-likeness (QED) is 0.857. The zero-order valence-corrected chi connectivity index (χ0v) is 14.1. The number of halogens is 1. The third-order valence-electron chi connectivity index (χ3n) is 5.04. The molecule has 3 heterocycles. The molecule has 1 fully saturated rings.